The summed E-state index contributed by atoms with van der Waals surface area (Å²) in [6.45, 7) is 5.37. The van der Waals surface area contributed by atoms with Crippen LogP contribution in [0.4, 0.5) is 17.6 Å². The van der Waals surface area contributed by atoms with Crippen molar-refractivity contribution in [2.45, 2.75) is 57.7 Å². The summed E-state index contributed by atoms with van der Waals surface area (Å²) in [6.07, 6.45) is 7.43. The predicted octanol–water partition coefficient (Wildman–Crippen LogP) is 3.84. The number of hydrogen-bond acceptors (Lipinski definition) is 6. The van der Waals surface area contributed by atoms with Gasteiger partial charge in [0.25, 0.3) is 0 Å². The van der Waals surface area contributed by atoms with E-state index in [4.69, 9.17) is 26.9 Å². The number of rotatable bonds is 5. The summed E-state index contributed by atoms with van der Waals surface area (Å²) in [4.78, 5) is 14.4. The highest BCUT2D eigenvalue weighted by atomic mass is 32.1. The summed E-state index contributed by atoms with van der Waals surface area (Å²) in [7, 11) is 0. The molecule has 0 saturated carbocycles. The molecule has 5 rings (SSSR count). The predicted molar refractivity (Wildman–Crippen MR) is 132 cm³/mol. The van der Waals surface area contributed by atoms with Gasteiger partial charge in [-0.25, -0.2) is 0 Å². The van der Waals surface area contributed by atoms with Crippen molar-refractivity contribution in [3.8, 4) is 0 Å². The van der Waals surface area contributed by atoms with E-state index in [0.29, 0.717) is 17.6 Å². The SMILES string of the molecule is S=C(NCC1CCCO1)Nc1nc(N2CCCCCC2)cc(N2Cc3ccccc3C2)n1. The Morgan fingerprint density at radius 2 is 1.66 bits per heavy atom. The molecule has 1 unspecified atom stereocenters. The van der Waals surface area contributed by atoms with Crippen LogP contribution >= 0.6 is 12.2 Å². The molecule has 2 saturated heterocycles. The molecule has 170 valence electrons. The van der Waals surface area contributed by atoms with Crippen LogP contribution in [0.3, 0.4) is 0 Å². The second-order valence-corrected chi connectivity index (χ2v) is 9.31. The second kappa shape index (κ2) is 10.0. The molecule has 32 heavy (non-hydrogen) atoms. The van der Waals surface area contributed by atoms with Crippen LogP contribution in [0.25, 0.3) is 0 Å². The van der Waals surface area contributed by atoms with Gasteiger partial charge in [0.15, 0.2) is 5.11 Å². The zero-order chi connectivity index (χ0) is 21.8. The van der Waals surface area contributed by atoms with E-state index in [-0.39, 0.29) is 6.10 Å². The molecule has 3 aliphatic rings. The van der Waals surface area contributed by atoms with Gasteiger partial charge in [0.2, 0.25) is 5.95 Å². The van der Waals surface area contributed by atoms with E-state index in [1.165, 1.54) is 36.8 Å². The Kier molecular flexibility index (Phi) is 6.69. The van der Waals surface area contributed by atoms with Crippen LogP contribution < -0.4 is 20.4 Å². The summed E-state index contributed by atoms with van der Waals surface area (Å²) in [5, 5.41) is 7.05. The van der Waals surface area contributed by atoms with Gasteiger partial charge in [0.1, 0.15) is 11.6 Å². The molecule has 1 atom stereocenters. The van der Waals surface area contributed by atoms with E-state index in [0.717, 1.165) is 57.3 Å². The van der Waals surface area contributed by atoms with Gasteiger partial charge in [-0.15, -0.1) is 0 Å². The molecule has 4 heterocycles. The Morgan fingerprint density at radius 1 is 0.969 bits per heavy atom. The number of nitrogens with zero attached hydrogens (tertiary/aromatic N) is 4. The molecule has 2 N–H and O–H groups in total. The first-order valence-electron chi connectivity index (χ1n) is 11.9. The smallest absolute Gasteiger partial charge is 0.232 e. The number of benzene rings is 1. The summed E-state index contributed by atoms with van der Waals surface area (Å²) < 4.78 is 5.69. The van der Waals surface area contributed by atoms with E-state index in [1.807, 2.05) is 0 Å². The zero-order valence-electron chi connectivity index (χ0n) is 18.6. The lowest BCUT2D eigenvalue weighted by Crippen LogP contribution is -2.35. The van der Waals surface area contributed by atoms with Crippen molar-refractivity contribution >= 4 is 34.9 Å². The van der Waals surface area contributed by atoms with Crippen LogP contribution in [0.15, 0.2) is 30.3 Å². The number of hydrogen-bond donors (Lipinski definition) is 2. The van der Waals surface area contributed by atoms with Gasteiger partial charge in [-0.2, -0.15) is 9.97 Å². The summed E-state index contributed by atoms with van der Waals surface area (Å²) in [6, 6.07) is 10.8. The molecule has 0 spiro atoms. The van der Waals surface area contributed by atoms with E-state index < -0.39 is 0 Å². The van der Waals surface area contributed by atoms with Crippen molar-refractivity contribution in [2.24, 2.45) is 0 Å². The van der Waals surface area contributed by atoms with Gasteiger partial charge in [-0.05, 0) is 49.0 Å². The monoisotopic (exact) mass is 452 g/mol. The van der Waals surface area contributed by atoms with Gasteiger partial charge in [0.05, 0.1) is 6.10 Å². The Bertz CT molecular complexity index is 915. The molecule has 0 amide bonds. The Hall–Kier alpha value is -2.45. The molecule has 8 heteroatoms. The van der Waals surface area contributed by atoms with Crippen LogP contribution in [0.2, 0.25) is 0 Å². The Labute approximate surface area is 195 Å². The number of thiocarbonyl (C=S) groups is 1. The zero-order valence-corrected chi connectivity index (χ0v) is 19.4. The lowest BCUT2D eigenvalue weighted by molar-refractivity contribution is 0.114. The normalized spacial score (nSPS) is 20.7. The second-order valence-electron chi connectivity index (χ2n) is 8.90. The lowest BCUT2D eigenvalue weighted by Gasteiger charge is -2.25. The van der Waals surface area contributed by atoms with Crippen molar-refractivity contribution in [3.63, 3.8) is 0 Å². The minimum Gasteiger partial charge on any atom is -0.376 e. The van der Waals surface area contributed by atoms with Crippen LogP contribution in [0.1, 0.15) is 49.7 Å². The first-order chi connectivity index (χ1) is 15.7. The highest BCUT2D eigenvalue weighted by molar-refractivity contribution is 7.80. The summed E-state index contributed by atoms with van der Waals surface area (Å²) >= 11 is 5.54. The fraction of sp³-hybridized carbons (Fsp3) is 0.542. The van der Waals surface area contributed by atoms with Gasteiger partial charge in [-0.3, -0.25) is 0 Å². The van der Waals surface area contributed by atoms with Gasteiger partial charge >= 0.3 is 0 Å². The third kappa shape index (κ3) is 5.13. The number of aromatic nitrogens is 2. The molecular formula is C24H32N6OS. The summed E-state index contributed by atoms with van der Waals surface area (Å²) in [5.41, 5.74) is 2.73. The summed E-state index contributed by atoms with van der Waals surface area (Å²) in [5.74, 6) is 2.49. The van der Waals surface area contributed by atoms with Crippen molar-refractivity contribution in [1.29, 1.82) is 0 Å². The molecule has 2 aromatic rings. The fourth-order valence-electron chi connectivity index (χ4n) is 4.75. The highest BCUT2D eigenvalue weighted by Gasteiger charge is 2.23. The van der Waals surface area contributed by atoms with Crippen molar-refractivity contribution in [1.82, 2.24) is 15.3 Å². The molecule has 7 nitrogen and oxygen atoms in total. The Morgan fingerprint density at radius 3 is 2.31 bits per heavy atom. The van der Waals surface area contributed by atoms with E-state index in [2.05, 4.69) is 50.8 Å². The standard InChI is InChI=1S/C24H32N6OS/c32-24(25-15-20-10-7-13-31-20)28-23-26-21(29-11-5-1-2-6-12-29)14-22(27-23)30-16-18-8-3-4-9-19(18)17-30/h3-4,8-9,14,20H,1-2,5-7,10-13,15-17H2,(H2,25,26,27,28,32). The number of fused-ring (bicyclic) bond motifs is 1. The minimum absolute atomic E-state index is 0.234. The van der Waals surface area contributed by atoms with Crippen molar-refractivity contribution in [2.75, 3.05) is 41.4 Å². The Balaban J connectivity index is 1.35. The van der Waals surface area contributed by atoms with Crippen LogP contribution in [-0.4, -0.2) is 47.4 Å². The average molecular weight is 453 g/mol. The third-order valence-corrected chi connectivity index (χ3v) is 6.78. The lowest BCUT2D eigenvalue weighted by atomic mass is 10.1. The van der Waals surface area contributed by atoms with E-state index in [9.17, 15) is 0 Å². The third-order valence-electron chi connectivity index (χ3n) is 6.53. The van der Waals surface area contributed by atoms with Crippen LogP contribution in [0, 0.1) is 0 Å². The highest BCUT2D eigenvalue weighted by Crippen LogP contribution is 2.30. The number of ether oxygens (including phenoxy) is 1. The quantitative estimate of drug-likeness (QED) is 0.664. The molecule has 1 aromatic heterocycles. The largest absolute Gasteiger partial charge is 0.376 e. The first-order valence-corrected chi connectivity index (χ1v) is 12.3. The van der Waals surface area contributed by atoms with Gasteiger partial charge in [-0.1, -0.05) is 37.1 Å². The number of anilines is 3. The average Bonchev–Trinajstić information content (AvgIpc) is 3.41. The molecule has 1 aromatic carbocycles. The molecule has 2 fully saturated rings. The number of nitrogens with one attached hydrogen (secondary N) is 2. The topological polar surface area (TPSA) is 65.6 Å². The van der Waals surface area contributed by atoms with Gasteiger partial charge < -0.3 is 25.2 Å². The van der Waals surface area contributed by atoms with Crippen molar-refractivity contribution < 1.29 is 4.74 Å². The van der Waals surface area contributed by atoms with E-state index >= 15 is 0 Å². The first kappa shape index (κ1) is 21.4. The van der Waals surface area contributed by atoms with Crippen LogP contribution in [-0.2, 0) is 17.8 Å². The fourth-order valence-corrected chi connectivity index (χ4v) is 4.93. The molecule has 3 aliphatic heterocycles. The van der Waals surface area contributed by atoms with Gasteiger partial charge in [0, 0.05) is 45.4 Å². The molecular weight excluding hydrogens is 420 g/mol. The van der Waals surface area contributed by atoms with E-state index in [1.54, 1.807) is 0 Å². The molecule has 0 bridgehead atoms. The minimum atomic E-state index is 0.234. The maximum atomic E-state index is 5.69. The maximum Gasteiger partial charge on any atom is 0.232 e. The maximum absolute atomic E-state index is 5.69. The van der Waals surface area contributed by atoms with Crippen LogP contribution in [0.5, 0.6) is 0 Å². The molecule has 0 radical (unpaired) electrons. The van der Waals surface area contributed by atoms with Crippen molar-refractivity contribution in [3.05, 3.63) is 41.5 Å². The molecule has 0 aliphatic carbocycles.